The number of allylic oxidation sites excluding steroid dienone is 3. The molecule has 178 valence electrons. The highest BCUT2D eigenvalue weighted by atomic mass is 16.6. The van der Waals surface area contributed by atoms with Gasteiger partial charge in [-0.3, -0.25) is 4.79 Å². The Morgan fingerprint density at radius 3 is 2.38 bits per heavy atom. The van der Waals surface area contributed by atoms with Crippen LogP contribution in [0.15, 0.2) is 23.8 Å². The second-order valence-corrected chi connectivity index (χ2v) is 14.0. The van der Waals surface area contributed by atoms with Crippen molar-refractivity contribution < 1.29 is 9.53 Å². The summed E-state index contributed by atoms with van der Waals surface area (Å²) in [6, 6.07) is 0. The molecule has 3 saturated carbocycles. The Morgan fingerprint density at radius 1 is 1.03 bits per heavy atom. The second-order valence-electron chi connectivity index (χ2n) is 14.0. The van der Waals surface area contributed by atoms with E-state index in [9.17, 15) is 4.79 Å². The zero-order valence-corrected chi connectivity index (χ0v) is 21.9. The van der Waals surface area contributed by atoms with Gasteiger partial charge >= 0.3 is 0 Å². The molecule has 8 atom stereocenters. The molecule has 2 heteroatoms. The smallest absolute Gasteiger partial charge is 0.138 e. The molecule has 0 bridgehead atoms. The first kappa shape index (κ1) is 22.9. The fraction of sp³-hybridized carbons (Fsp3) is 0.833. The van der Waals surface area contributed by atoms with Gasteiger partial charge in [0.25, 0.3) is 0 Å². The SMILES string of the molecule is CC(C=CC1OC1(C)C)C1CCC2(C)C3=CCC4C(C)(C)C(=O)CCC4(C)C3CCC12C. The summed E-state index contributed by atoms with van der Waals surface area (Å²) in [5, 5.41) is 0. The number of fused-ring (bicyclic) bond motifs is 5. The molecule has 1 saturated heterocycles. The van der Waals surface area contributed by atoms with Crippen LogP contribution in [0.5, 0.6) is 0 Å². The summed E-state index contributed by atoms with van der Waals surface area (Å²) in [7, 11) is 0. The Labute approximate surface area is 196 Å². The van der Waals surface area contributed by atoms with Gasteiger partial charge < -0.3 is 4.74 Å². The van der Waals surface area contributed by atoms with E-state index in [1.54, 1.807) is 5.57 Å². The van der Waals surface area contributed by atoms with E-state index < -0.39 is 0 Å². The van der Waals surface area contributed by atoms with Crippen LogP contribution in [0.25, 0.3) is 0 Å². The van der Waals surface area contributed by atoms with Gasteiger partial charge in [-0.15, -0.1) is 0 Å². The predicted molar refractivity (Wildman–Crippen MR) is 131 cm³/mol. The third-order valence-electron chi connectivity index (χ3n) is 11.9. The zero-order valence-electron chi connectivity index (χ0n) is 21.9. The summed E-state index contributed by atoms with van der Waals surface area (Å²) in [6.07, 6.45) is 16.0. The highest BCUT2D eigenvalue weighted by Crippen LogP contribution is 2.73. The van der Waals surface area contributed by atoms with Gasteiger partial charge in [-0.25, -0.2) is 0 Å². The largest absolute Gasteiger partial charge is 0.362 e. The first-order valence-corrected chi connectivity index (χ1v) is 13.4. The first-order valence-electron chi connectivity index (χ1n) is 13.4. The topological polar surface area (TPSA) is 29.6 Å². The van der Waals surface area contributed by atoms with Crippen LogP contribution in [-0.4, -0.2) is 17.5 Å². The van der Waals surface area contributed by atoms with Crippen LogP contribution in [-0.2, 0) is 9.53 Å². The molecule has 4 fully saturated rings. The van der Waals surface area contributed by atoms with Crippen molar-refractivity contribution in [2.24, 2.45) is 45.3 Å². The molecule has 0 amide bonds. The summed E-state index contributed by atoms with van der Waals surface area (Å²) < 4.78 is 5.81. The second kappa shape index (κ2) is 6.83. The van der Waals surface area contributed by atoms with E-state index in [4.69, 9.17) is 4.74 Å². The van der Waals surface area contributed by atoms with Crippen molar-refractivity contribution >= 4 is 5.78 Å². The van der Waals surface area contributed by atoms with Crippen LogP contribution in [0.1, 0.15) is 100 Å². The lowest BCUT2D eigenvalue weighted by Crippen LogP contribution is -2.57. The van der Waals surface area contributed by atoms with Crippen LogP contribution in [0, 0.1) is 45.3 Å². The van der Waals surface area contributed by atoms with Crippen LogP contribution in [0.4, 0.5) is 0 Å². The molecule has 8 unspecified atom stereocenters. The number of Topliss-reactive ketones (excluding diaryl/α,β-unsaturated/α-hetero) is 1. The van der Waals surface area contributed by atoms with E-state index in [2.05, 4.69) is 73.6 Å². The van der Waals surface area contributed by atoms with Gasteiger partial charge in [-0.2, -0.15) is 0 Å². The van der Waals surface area contributed by atoms with Crippen molar-refractivity contribution in [2.45, 2.75) is 112 Å². The standard InChI is InChI=1S/C30H46O2/c1-19(9-12-25-27(4,5)32-25)20-13-17-30(8)22-10-11-23-26(2,3)24(31)15-16-28(23,6)21(22)14-18-29(20,30)7/h9-10,12,19-21,23,25H,11,13-18H2,1-8H3. The van der Waals surface area contributed by atoms with E-state index in [1.165, 1.54) is 25.7 Å². The molecule has 0 radical (unpaired) electrons. The number of carbonyl (C=O) groups excluding carboxylic acids is 1. The van der Waals surface area contributed by atoms with E-state index in [0.717, 1.165) is 25.2 Å². The number of hydrogen-bond acceptors (Lipinski definition) is 2. The monoisotopic (exact) mass is 438 g/mol. The lowest BCUT2D eigenvalue weighted by Gasteiger charge is -2.63. The zero-order chi connectivity index (χ0) is 23.3. The van der Waals surface area contributed by atoms with Crippen LogP contribution >= 0.6 is 0 Å². The lowest BCUT2D eigenvalue weighted by molar-refractivity contribution is -0.145. The minimum absolute atomic E-state index is 0.0381. The number of epoxide rings is 1. The maximum absolute atomic E-state index is 12.8. The van der Waals surface area contributed by atoms with Gasteiger partial charge in [0.15, 0.2) is 0 Å². The highest BCUT2D eigenvalue weighted by Gasteiger charge is 2.65. The number of ether oxygens (including phenoxy) is 1. The van der Waals surface area contributed by atoms with Crippen molar-refractivity contribution in [3.63, 3.8) is 0 Å². The Bertz CT molecular complexity index is 877. The quantitative estimate of drug-likeness (QED) is 0.337. The third kappa shape index (κ3) is 2.90. The predicted octanol–water partition coefficient (Wildman–Crippen LogP) is 7.53. The summed E-state index contributed by atoms with van der Waals surface area (Å²) in [5.41, 5.74) is 2.59. The van der Waals surface area contributed by atoms with E-state index in [-0.39, 0.29) is 16.4 Å². The molecule has 1 heterocycles. The molecular formula is C30H46O2. The molecular weight excluding hydrogens is 392 g/mol. The average Bonchev–Trinajstić information content (AvgIpc) is 3.22. The number of rotatable bonds is 3. The molecule has 0 aromatic carbocycles. The maximum Gasteiger partial charge on any atom is 0.138 e. The van der Waals surface area contributed by atoms with Gasteiger partial charge in [0, 0.05) is 11.8 Å². The first-order chi connectivity index (χ1) is 14.8. The molecule has 5 aliphatic rings. The van der Waals surface area contributed by atoms with E-state index in [0.29, 0.717) is 40.5 Å². The van der Waals surface area contributed by atoms with E-state index in [1.807, 2.05) is 0 Å². The molecule has 0 aromatic rings. The highest BCUT2D eigenvalue weighted by molar-refractivity contribution is 5.85. The summed E-state index contributed by atoms with van der Waals surface area (Å²) >= 11 is 0. The average molecular weight is 439 g/mol. The minimum Gasteiger partial charge on any atom is -0.362 e. The molecule has 0 spiro atoms. The normalized spacial score (nSPS) is 49.8. The summed E-state index contributed by atoms with van der Waals surface area (Å²) in [5.74, 6) is 2.99. The van der Waals surface area contributed by atoms with Gasteiger partial charge in [0.2, 0.25) is 0 Å². The van der Waals surface area contributed by atoms with Crippen LogP contribution in [0.2, 0.25) is 0 Å². The number of ketones is 1. The van der Waals surface area contributed by atoms with Crippen LogP contribution in [0.3, 0.4) is 0 Å². The Morgan fingerprint density at radius 2 is 1.72 bits per heavy atom. The van der Waals surface area contributed by atoms with Gasteiger partial charge in [0.1, 0.15) is 11.9 Å². The maximum atomic E-state index is 12.8. The van der Waals surface area contributed by atoms with E-state index >= 15 is 0 Å². The van der Waals surface area contributed by atoms with Crippen molar-refractivity contribution in [3.05, 3.63) is 23.8 Å². The van der Waals surface area contributed by atoms with Gasteiger partial charge in [-0.1, -0.05) is 65.3 Å². The van der Waals surface area contributed by atoms with Gasteiger partial charge in [0.05, 0.1) is 5.60 Å². The molecule has 0 N–H and O–H groups in total. The summed E-state index contributed by atoms with van der Waals surface area (Å²) in [4.78, 5) is 12.8. The molecule has 0 aromatic heterocycles. The minimum atomic E-state index is -0.174. The van der Waals surface area contributed by atoms with Crippen molar-refractivity contribution in [1.29, 1.82) is 0 Å². The molecule has 1 aliphatic heterocycles. The van der Waals surface area contributed by atoms with Crippen molar-refractivity contribution in [2.75, 3.05) is 0 Å². The fourth-order valence-corrected chi connectivity index (χ4v) is 9.37. The fourth-order valence-electron chi connectivity index (χ4n) is 9.37. The van der Waals surface area contributed by atoms with Crippen LogP contribution < -0.4 is 0 Å². The number of hydrogen-bond donors (Lipinski definition) is 0. The Hall–Kier alpha value is -0.890. The third-order valence-corrected chi connectivity index (χ3v) is 11.9. The lowest BCUT2D eigenvalue weighted by atomic mass is 9.41. The molecule has 4 aliphatic carbocycles. The molecule has 5 rings (SSSR count). The Kier molecular flexibility index (Phi) is 4.89. The Balaban J connectivity index is 1.44. The molecule has 32 heavy (non-hydrogen) atoms. The summed E-state index contributed by atoms with van der Waals surface area (Å²) in [6.45, 7) is 19.1. The number of carbonyl (C=O) groups is 1. The van der Waals surface area contributed by atoms with Crippen molar-refractivity contribution in [3.8, 4) is 0 Å². The van der Waals surface area contributed by atoms with Gasteiger partial charge in [-0.05, 0) is 92.3 Å². The van der Waals surface area contributed by atoms with Crippen molar-refractivity contribution in [1.82, 2.24) is 0 Å². The molecule has 2 nitrogen and oxygen atoms in total.